The molecule has 0 N–H and O–H groups in total. The van der Waals surface area contributed by atoms with Gasteiger partial charge >= 0.3 is 0 Å². The summed E-state index contributed by atoms with van der Waals surface area (Å²) in [4.78, 5) is 32.2. The molecule has 5 rings (SSSR count). The Morgan fingerprint density at radius 1 is 1.28 bits per heavy atom. The normalized spacial score (nSPS) is 14.6. The highest BCUT2D eigenvalue weighted by atomic mass is 32.1. The first-order valence-corrected chi connectivity index (χ1v) is 10.4. The number of rotatable bonds is 4. The molecule has 0 spiro atoms. The van der Waals surface area contributed by atoms with Crippen molar-refractivity contribution in [2.24, 2.45) is 0 Å². The van der Waals surface area contributed by atoms with Crippen LogP contribution in [0.2, 0.25) is 0 Å². The Balaban J connectivity index is 1.50. The van der Waals surface area contributed by atoms with Crippen LogP contribution < -0.4 is 0 Å². The number of fused-ring (bicyclic) bond motifs is 1. The molecule has 1 saturated heterocycles. The van der Waals surface area contributed by atoms with Crippen LogP contribution in [0, 0.1) is 6.92 Å². The summed E-state index contributed by atoms with van der Waals surface area (Å²) < 4.78 is 3.87. The van der Waals surface area contributed by atoms with E-state index in [4.69, 9.17) is 4.84 Å². The summed E-state index contributed by atoms with van der Waals surface area (Å²) in [5.74, 6) is 0.422. The minimum Gasteiger partial charge on any atom is -0.331 e. The third kappa shape index (κ3) is 3.43. The SMILES string of the molecule is Cc1nc(Cn2cnc(-c3nc(C(=O)N4CCCCO4)c4ccccn34)c2)cs1. The second-order valence-corrected chi connectivity index (χ2v) is 8.04. The number of nitrogens with zero attached hydrogens (tertiary/aromatic N) is 6. The Labute approximate surface area is 171 Å². The zero-order valence-corrected chi connectivity index (χ0v) is 16.8. The molecule has 29 heavy (non-hydrogen) atoms. The lowest BCUT2D eigenvalue weighted by atomic mass is 10.2. The first-order valence-electron chi connectivity index (χ1n) is 9.54. The maximum atomic E-state index is 13.0. The quantitative estimate of drug-likeness (QED) is 0.518. The number of aryl methyl sites for hydroxylation is 1. The molecular formula is C20H20N6O2S. The van der Waals surface area contributed by atoms with Crippen LogP contribution in [0.4, 0.5) is 0 Å². The van der Waals surface area contributed by atoms with E-state index in [9.17, 15) is 4.79 Å². The number of carbonyl (C=O) groups is 1. The zero-order valence-electron chi connectivity index (χ0n) is 16.0. The van der Waals surface area contributed by atoms with Gasteiger partial charge in [-0.3, -0.25) is 14.0 Å². The topological polar surface area (TPSA) is 77.5 Å². The third-order valence-electron chi connectivity index (χ3n) is 4.85. The summed E-state index contributed by atoms with van der Waals surface area (Å²) >= 11 is 1.63. The summed E-state index contributed by atoms with van der Waals surface area (Å²) in [6.45, 7) is 3.79. The molecule has 1 amide bonds. The lowest BCUT2D eigenvalue weighted by Crippen LogP contribution is -2.36. The number of carbonyl (C=O) groups excluding carboxylic acids is 1. The second-order valence-electron chi connectivity index (χ2n) is 6.98. The number of pyridine rings is 1. The van der Waals surface area contributed by atoms with Crippen molar-refractivity contribution in [1.82, 2.24) is 29.0 Å². The number of hydrogen-bond donors (Lipinski definition) is 0. The van der Waals surface area contributed by atoms with E-state index in [1.165, 1.54) is 5.06 Å². The summed E-state index contributed by atoms with van der Waals surface area (Å²) in [5, 5.41) is 4.52. The lowest BCUT2D eigenvalue weighted by molar-refractivity contribution is -0.144. The third-order valence-corrected chi connectivity index (χ3v) is 5.68. The maximum absolute atomic E-state index is 13.0. The Kier molecular flexibility index (Phi) is 4.61. The van der Waals surface area contributed by atoms with Crippen molar-refractivity contribution in [3.05, 3.63) is 58.7 Å². The summed E-state index contributed by atoms with van der Waals surface area (Å²) in [6, 6.07) is 5.71. The van der Waals surface area contributed by atoms with Crippen molar-refractivity contribution in [1.29, 1.82) is 0 Å². The van der Waals surface area contributed by atoms with Crippen molar-refractivity contribution in [2.75, 3.05) is 13.2 Å². The minimum absolute atomic E-state index is 0.211. The molecule has 0 saturated carbocycles. The Morgan fingerprint density at radius 2 is 2.21 bits per heavy atom. The van der Waals surface area contributed by atoms with E-state index >= 15 is 0 Å². The summed E-state index contributed by atoms with van der Waals surface area (Å²) in [6.07, 6.45) is 7.50. The number of hydroxylamine groups is 2. The average Bonchev–Trinajstić information content (AvgIpc) is 3.47. The van der Waals surface area contributed by atoms with Crippen LogP contribution in [0.5, 0.6) is 0 Å². The molecule has 4 aromatic rings. The number of thiazole rings is 1. The molecule has 1 fully saturated rings. The van der Waals surface area contributed by atoms with Crippen LogP contribution >= 0.6 is 11.3 Å². The van der Waals surface area contributed by atoms with Gasteiger partial charge in [-0.1, -0.05) is 6.07 Å². The highest BCUT2D eigenvalue weighted by Gasteiger charge is 2.26. The average molecular weight is 408 g/mol. The van der Waals surface area contributed by atoms with Crippen LogP contribution in [0.15, 0.2) is 42.3 Å². The number of amides is 1. The van der Waals surface area contributed by atoms with E-state index in [1.807, 2.05) is 46.5 Å². The van der Waals surface area contributed by atoms with Crippen LogP contribution in [0.3, 0.4) is 0 Å². The Morgan fingerprint density at radius 3 is 3.00 bits per heavy atom. The van der Waals surface area contributed by atoms with Crippen LogP contribution in [0.25, 0.3) is 17.0 Å². The Hall–Kier alpha value is -3.04. The van der Waals surface area contributed by atoms with Gasteiger partial charge in [-0.05, 0) is 31.9 Å². The second kappa shape index (κ2) is 7.41. The molecule has 0 atom stereocenters. The van der Waals surface area contributed by atoms with Crippen molar-refractivity contribution in [2.45, 2.75) is 26.3 Å². The molecular weight excluding hydrogens is 388 g/mol. The standard InChI is InChI=1S/C20H20N6O2S/c1-14-22-15(12-29-14)10-24-11-16(21-13-24)19-23-18(17-6-2-3-7-25(17)19)20(27)26-8-4-5-9-28-26/h2-3,6-7,11-13H,4-5,8-10H2,1H3. The van der Waals surface area contributed by atoms with Gasteiger partial charge in [-0.25, -0.2) is 20.0 Å². The van der Waals surface area contributed by atoms with Crippen molar-refractivity contribution in [3.63, 3.8) is 0 Å². The first kappa shape index (κ1) is 18.0. The zero-order chi connectivity index (χ0) is 19.8. The number of hydrogen-bond acceptors (Lipinski definition) is 6. The number of aromatic nitrogens is 5. The smallest absolute Gasteiger partial charge is 0.298 e. The number of imidazole rings is 2. The molecule has 9 heteroatoms. The highest BCUT2D eigenvalue weighted by molar-refractivity contribution is 7.09. The Bertz CT molecular complexity index is 1170. The fraction of sp³-hybridized carbons (Fsp3) is 0.300. The van der Waals surface area contributed by atoms with Gasteiger partial charge in [0, 0.05) is 24.3 Å². The first-order chi connectivity index (χ1) is 14.2. The van der Waals surface area contributed by atoms with E-state index in [0.717, 1.165) is 29.1 Å². The molecule has 0 aliphatic carbocycles. The fourth-order valence-corrected chi connectivity index (χ4v) is 4.08. The van der Waals surface area contributed by atoms with Gasteiger partial charge in [-0.15, -0.1) is 11.3 Å². The van der Waals surface area contributed by atoms with Crippen molar-refractivity contribution in [3.8, 4) is 11.5 Å². The lowest BCUT2D eigenvalue weighted by Gasteiger charge is -2.25. The van der Waals surface area contributed by atoms with Crippen LogP contribution in [0.1, 0.15) is 34.0 Å². The molecule has 0 aromatic carbocycles. The molecule has 148 valence electrons. The van der Waals surface area contributed by atoms with Crippen LogP contribution in [-0.4, -0.2) is 48.0 Å². The highest BCUT2D eigenvalue weighted by Crippen LogP contribution is 2.24. The van der Waals surface area contributed by atoms with E-state index < -0.39 is 0 Å². The summed E-state index contributed by atoms with van der Waals surface area (Å²) in [7, 11) is 0. The monoisotopic (exact) mass is 408 g/mol. The van der Waals surface area contributed by atoms with Crippen molar-refractivity contribution < 1.29 is 9.63 Å². The van der Waals surface area contributed by atoms with Gasteiger partial charge in [0.2, 0.25) is 0 Å². The molecule has 0 unspecified atom stereocenters. The van der Waals surface area contributed by atoms with Gasteiger partial charge in [0.05, 0.1) is 35.7 Å². The molecule has 5 heterocycles. The summed E-state index contributed by atoms with van der Waals surface area (Å²) in [5.41, 5.74) is 2.83. The molecule has 0 radical (unpaired) electrons. The predicted molar refractivity (Wildman–Crippen MR) is 109 cm³/mol. The molecule has 0 bridgehead atoms. The molecule has 1 aliphatic rings. The van der Waals surface area contributed by atoms with Crippen LogP contribution in [-0.2, 0) is 11.4 Å². The van der Waals surface area contributed by atoms with E-state index in [0.29, 0.717) is 36.9 Å². The van der Waals surface area contributed by atoms with Gasteiger partial charge in [0.25, 0.3) is 5.91 Å². The van der Waals surface area contributed by atoms with E-state index in [1.54, 1.807) is 17.7 Å². The van der Waals surface area contributed by atoms with E-state index in [-0.39, 0.29) is 5.91 Å². The van der Waals surface area contributed by atoms with Crippen molar-refractivity contribution >= 4 is 22.8 Å². The van der Waals surface area contributed by atoms with Gasteiger partial charge in [-0.2, -0.15) is 0 Å². The van der Waals surface area contributed by atoms with Gasteiger partial charge in [0.1, 0.15) is 5.69 Å². The van der Waals surface area contributed by atoms with E-state index in [2.05, 4.69) is 20.3 Å². The molecule has 1 aliphatic heterocycles. The fourth-order valence-electron chi connectivity index (χ4n) is 3.48. The predicted octanol–water partition coefficient (Wildman–Crippen LogP) is 3.18. The maximum Gasteiger partial charge on any atom is 0.298 e. The largest absolute Gasteiger partial charge is 0.331 e. The molecule has 4 aromatic heterocycles. The van der Waals surface area contributed by atoms with Gasteiger partial charge < -0.3 is 4.57 Å². The minimum atomic E-state index is -0.211. The van der Waals surface area contributed by atoms with Gasteiger partial charge in [0.15, 0.2) is 11.5 Å². The molecule has 8 nitrogen and oxygen atoms in total.